The zero-order chi connectivity index (χ0) is 15.7. The Hall–Kier alpha value is -2.88. The highest BCUT2D eigenvalue weighted by Gasteiger charge is 2.08. The van der Waals surface area contributed by atoms with Gasteiger partial charge >= 0.3 is 5.69 Å². The van der Waals surface area contributed by atoms with Crippen LogP contribution >= 0.6 is 0 Å². The number of benzene rings is 2. The van der Waals surface area contributed by atoms with Gasteiger partial charge in [-0.25, -0.2) is 9.36 Å². The van der Waals surface area contributed by atoms with Gasteiger partial charge in [-0.05, 0) is 38.1 Å². The lowest BCUT2D eigenvalue weighted by Gasteiger charge is -2.10. The molecule has 0 aliphatic rings. The number of hydrogen-bond donors (Lipinski definition) is 0. The van der Waals surface area contributed by atoms with Gasteiger partial charge in [-0.2, -0.15) is 0 Å². The van der Waals surface area contributed by atoms with Crippen molar-refractivity contribution in [1.82, 2.24) is 9.13 Å². The fourth-order valence-corrected chi connectivity index (χ4v) is 2.31. The Balaban J connectivity index is 2.22. The monoisotopic (exact) mass is 292 g/mol. The first-order valence-corrected chi connectivity index (χ1v) is 7.05. The predicted molar refractivity (Wildman–Crippen MR) is 87.1 cm³/mol. The van der Waals surface area contributed by atoms with E-state index in [0.717, 1.165) is 16.8 Å². The molecule has 0 aliphatic carbocycles. The van der Waals surface area contributed by atoms with Gasteiger partial charge in [0, 0.05) is 12.3 Å². The Labute approximate surface area is 127 Å². The van der Waals surface area contributed by atoms with Crippen LogP contribution in [0.25, 0.3) is 11.4 Å². The van der Waals surface area contributed by atoms with E-state index in [1.54, 1.807) is 12.1 Å². The maximum Gasteiger partial charge on any atom is 0.340 e. The second-order valence-electron chi connectivity index (χ2n) is 5.31. The summed E-state index contributed by atoms with van der Waals surface area (Å²) in [4.78, 5) is 24.8. The molecular formula is C18H16N2O2. The molecule has 4 nitrogen and oxygen atoms in total. The third kappa shape index (κ3) is 2.51. The first-order valence-electron chi connectivity index (χ1n) is 7.05. The lowest BCUT2D eigenvalue weighted by molar-refractivity contribution is 0.801. The van der Waals surface area contributed by atoms with Gasteiger partial charge in [-0.15, -0.1) is 0 Å². The lowest BCUT2D eigenvalue weighted by atomic mass is 10.2. The number of rotatable bonds is 2. The molecule has 0 fully saturated rings. The topological polar surface area (TPSA) is 44.0 Å². The molecule has 0 amide bonds. The van der Waals surface area contributed by atoms with Gasteiger partial charge in [-0.3, -0.25) is 9.36 Å². The van der Waals surface area contributed by atoms with E-state index in [-0.39, 0.29) is 11.2 Å². The summed E-state index contributed by atoms with van der Waals surface area (Å²) in [7, 11) is 0. The Bertz CT molecular complexity index is 917. The number of aromatic nitrogens is 2. The summed E-state index contributed by atoms with van der Waals surface area (Å²) in [5.41, 5.74) is 2.78. The van der Waals surface area contributed by atoms with E-state index in [1.165, 1.54) is 21.4 Å². The molecular weight excluding hydrogens is 276 g/mol. The van der Waals surface area contributed by atoms with Crippen molar-refractivity contribution in [3.63, 3.8) is 0 Å². The summed E-state index contributed by atoms with van der Waals surface area (Å²) in [5, 5.41) is 0. The summed E-state index contributed by atoms with van der Waals surface area (Å²) in [6.07, 6.45) is 1.51. The van der Waals surface area contributed by atoms with E-state index >= 15 is 0 Å². The van der Waals surface area contributed by atoms with Gasteiger partial charge in [0.1, 0.15) is 0 Å². The second kappa shape index (κ2) is 5.48. The van der Waals surface area contributed by atoms with Crippen LogP contribution in [0.5, 0.6) is 0 Å². The van der Waals surface area contributed by atoms with Crippen LogP contribution < -0.4 is 11.2 Å². The average Bonchev–Trinajstić information content (AvgIpc) is 2.51. The van der Waals surface area contributed by atoms with Crippen molar-refractivity contribution in [2.45, 2.75) is 13.8 Å². The van der Waals surface area contributed by atoms with Crippen LogP contribution in [-0.4, -0.2) is 9.13 Å². The predicted octanol–water partition coefficient (Wildman–Crippen LogP) is 2.61. The summed E-state index contributed by atoms with van der Waals surface area (Å²) >= 11 is 0. The van der Waals surface area contributed by atoms with Crippen molar-refractivity contribution >= 4 is 0 Å². The fraction of sp³-hybridized carbons (Fsp3) is 0.111. The molecule has 0 bridgehead atoms. The Morgan fingerprint density at radius 2 is 1.18 bits per heavy atom. The van der Waals surface area contributed by atoms with Gasteiger partial charge < -0.3 is 0 Å². The second-order valence-corrected chi connectivity index (χ2v) is 5.31. The van der Waals surface area contributed by atoms with Crippen molar-refractivity contribution in [2.75, 3.05) is 0 Å². The molecule has 4 heteroatoms. The molecule has 0 aliphatic heterocycles. The van der Waals surface area contributed by atoms with Crippen molar-refractivity contribution < 1.29 is 0 Å². The Morgan fingerprint density at radius 1 is 0.682 bits per heavy atom. The van der Waals surface area contributed by atoms with E-state index in [9.17, 15) is 9.59 Å². The Kier molecular flexibility index (Phi) is 3.51. The molecule has 2 aromatic carbocycles. The van der Waals surface area contributed by atoms with Crippen LogP contribution in [0.3, 0.4) is 0 Å². The third-order valence-electron chi connectivity index (χ3n) is 3.59. The van der Waals surface area contributed by atoms with Crippen LogP contribution in [0, 0.1) is 13.8 Å². The van der Waals surface area contributed by atoms with E-state index in [1.807, 2.05) is 50.2 Å². The maximum atomic E-state index is 12.7. The normalized spacial score (nSPS) is 10.6. The highest BCUT2D eigenvalue weighted by atomic mass is 16.2. The number of hydrogen-bond acceptors (Lipinski definition) is 2. The van der Waals surface area contributed by atoms with Crippen molar-refractivity contribution in [3.05, 3.63) is 92.8 Å². The zero-order valence-electron chi connectivity index (χ0n) is 12.5. The van der Waals surface area contributed by atoms with Crippen LogP contribution in [0.15, 0.2) is 70.4 Å². The fourth-order valence-electron chi connectivity index (χ4n) is 2.31. The lowest BCUT2D eigenvalue weighted by Crippen LogP contribution is -2.37. The molecule has 1 aromatic heterocycles. The van der Waals surface area contributed by atoms with Gasteiger partial charge in [-0.1, -0.05) is 35.4 Å². The number of nitrogens with zero attached hydrogens (tertiary/aromatic N) is 2. The standard InChI is InChI=1S/C18H16N2O2/c1-13-3-7-15(8-4-13)19-12-11-17(21)20(18(19)22)16-9-5-14(2)6-10-16/h3-12H,1-2H3. The molecule has 22 heavy (non-hydrogen) atoms. The van der Waals surface area contributed by atoms with Crippen LogP contribution in [0.4, 0.5) is 0 Å². The first-order chi connectivity index (χ1) is 10.6. The highest BCUT2D eigenvalue weighted by Crippen LogP contribution is 2.08. The molecule has 110 valence electrons. The third-order valence-corrected chi connectivity index (χ3v) is 3.59. The maximum absolute atomic E-state index is 12.7. The zero-order valence-corrected chi connectivity index (χ0v) is 12.5. The molecule has 0 radical (unpaired) electrons. The average molecular weight is 292 g/mol. The van der Waals surface area contributed by atoms with E-state index in [0.29, 0.717) is 5.69 Å². The van der Waals surface area contributed by atoms with Crippen molar-refractivity contribution in [3.8, 4) is 11.4 Å². The molecule has 1 heterocycles. The largest absolute Gasteiger partial charge is 0.340 e. The number of aryl methyl sites for hydroxylation is 2. The highest BCUT2D eigenvalue weighted by molar-refractivity contribution is 5.37. The van der Waals surface area contributed by atoms with E-state index in [4.69, 9.17) is 0 Å². The smallest absolute Gasteiger partial charge is 0.269 e. The van der Waals surface area contributed by atoms with Gasteiger partial charge in [0.2, 0.25) is 0 Å². The summed E-state index contributed by atoms with van der Waals surface area (Å²) in [5.74, 6) is 0. The molecule has 0 spiro atoms. The molecule has 3 aromatic rings. The molecule has 0 saturated heterocycles. The Morgan fingerprint density at radius 3 is 1.73 bits per heavy atom. The van der Waals surface area contributed by atoms with Crippen LogP contribution in [0.1, 0.15) is 11.1 Å². The SMILES string of the molecule is Cc1ccc(-n2ccc(=O)n(-c3ccc(C)cc3)c2=O)cc1. The molecule has 0 N–H and O–H groups in total. The first kappa shape index (κ1) is 14.1. The van der Waals surface area contributed by atoms with Gasteiger partial charge in [0.25, 0.3) is 5.56 Å². The minimum Gasteiger partial charge on any atom is -0.269 e. The summed E-state index contributed by atoms with van der Waals surface area (Å²) < 4.78 is 2.65. The molecule has 3 rings (SSSR count). The molecule has 0 atom stereocenters. The van der Waals surface area contributed by atoms with Crippen molar-refractivity contribution in [2.24, 2.45) is 0 Å². The summed E-state index contributed by atoms with van der Waals surface area (Å²) in [6, 6.07) is 16.3. The summed E-state index contributed by atoms with van der Waals surface area (Å²) in [6.45, 7) is 3.95. The van der Waals surface area contributed by atoms with E-state index in [2.05, 4.69) is 0 Å². The molecule has 0 unspecified atom stereocenters. The van der Waals surface area contributed by atoms with Crippen LogP contribution in [0.2, 0.25) is 0 Å². The van der Waals surface area contributed by atoms with Gasteiger partial charge in [0.05, 0.1) is 11.4 Å². The van der Waals surface area contributed by atoms with Crippen molar-refractivity contribution in [1.29, 1.82) is 0 Å². The minimum absolute atomic E-state index is 0.336. The molecule has 0 saturated carbocycles. The minimum atomic E-state index is -0.375. The quantitative estimate of drug-likeness (QED) is 0.728. The van der Waals surface area contributed by atoms with Crippen LogP contribution in [-0.2, 0) is 0 Å². The van der Waals surface area contributed by atoms with E-state index < -0.39 is 0 Å². The van der Waals surface area contributed by atoms with Gasteiger partial charge in [0.15, 0.2) is 0 Å².